The van der Waals surface area contributed by atoms with E-state index in [-0.39, 0.29) is 10.6 Å². The number of benzene rings is 3. The molecule has 0 spiro atoms. The van der Waals surface area contributed by atoms with Gasteiger partial charge in [0.05, 0.1) is 23.4 Å². The fourth-order valence-electron chi connectivity index (χ4n) is 3.39. The van der Waals surface area contributed by atoms with Crippen molar-refractivity contribution in [2.75, 3.05) is 33.8 Å². The number of carbonyl (C=O) groups excluding carboxylic acids is 1. The van der Waals surface area contributed by atoms with Crippen LogP contribution in [0.3, 0.4) is 0 Å². The molecule has 36 heavy (non-hydrogen) atoms. The summed E-state index contributed by atoms with van der Waals surface area (Å²) in [6, 6.07) is 17.4. The molecule has 0 aliphatic rings. The second-order valence-electron chi connectivity index (χ2n) is 8.15. The van der Waals surface area contributed by atoms with E-state index in [2.05, 4.69) is 10.0 Å². The average molecular weight is 532 g/mol. The summed E-state index contributed by atoms with van der Waals surface area (Å²) in [4.78, 5) is 12.7. The van der Waals surface area contributed by atoms with Crippen LogP contribution < -0.4 is 19.1 Å². The number of aryl methyl sites for hydroxylation is 2. The van der Waals surface area contributed by atoms with Gasteiger partial charge in [0.15, 0.2) is 0 Å². The van der Waals surface area contributed by atoms with Gasteiger partial charge in [-0.15, -0.1) is 0 Å². The van der Waals surface area contributed by atoms with Crippen molar-refractivity contribution < 1.29 is 26.4 Å². The third-order valence-electron chi connectivity index (χ3n) is 5.33. The van der Waals surface area contributed by atoms with Crippen LogP contribution in [0.2, 0.25) is 0 Å². The third kappa shape index (κ3) is 6.76. The van der Waals surface area contributed by atoms with Crippen molar-refractivity contribution in [3.63, 3.8) is 0 Å². The molecular weight excluding hydrogens is 502 g/mol. The number of sulfonamides is 2. The first kappa shape index (κ1) is 27.0. The lowest BCUT2D eigenvalue weighted by molar-refractivity contribution is -0.114. The van der Waals surface area contributed by atoms with Gasteiger partial charge < -0.3 is 10.1 Å². The van der Waals surface area contributed by atoms with Gasteiger partial charge in [0.2, 0.25) is 15.9 Å². The number of carbonyl (C=O) groups is 1. The standard InChI is InChI=1S/C25H29N3O6S2/c1-5-34-24-9-7-6-8-23(24)28(35(4,30)31)17-25(29)26-20-12-14-22(15-13-20)36(32,33)27-21-11-10-18(2)19(3)16-21/h6-16,27H,5,17H2,1-4H3,(H,26,29). The first-order valence-corrected chi connectivity index (χ1v) is 14.4. The maximum absolute atomic E-state index is 12.7. The number of para-hydroxylation sites is 2. The zero-order valence-corrected chi connectivity index (χ0v) is 22.1. The fraction of sp³-hybridized carbons (Fsp3) is 0.240. The van der Waals surface area contributed by atoms with Gasteiger partial charge in [-0.1, -0.05) is 18.2 Å². The van der Waals surface area contributed by atoms with E-state index < -0.39 is 32.5 Å². The van der Waals surface area contributed by atoms with Crippen LogP contribution >= 0.6 is 0 Å². The van der Waals surface area contributed by atoms with Crippen molar-refractivity contribution >= 4 is 43.0 Å². The highest BCUT2D eigenvalue weighted by atomic mass is 32.2. The van der Waals surface area contributed by atoms with Crippen molar-refractivity contribution in [3.05, 3.63) is 77.9 Å². The average Bonchev–Trinajstić information content (AvgIpc) is 2.80. The Kier molecular flexibility index (Phi) is 8.26. The predicted octanol–water partition coefficient (Wildman–Crippen LogP) is 3.91. The number of ether oxygens (including phenoxy) is 1. The second kappa shape index (κ2) is 11.0. The summed E-state index contributed by atoms with van der Waals surface area (Å²) in [5.41, 5.74) is 3.02. The largest absolute Gasteiger partial charge is 0.492 e. The smallest absolute Gasteiger partial charge is 0.261 e. The zero-order chi connectivity index (χ0) is 26.5. The lowest BCUT2D eigenvalue weighted by Gasteiger charge is -2.24. The van der Waals surface area contributed by atoms with Crippen molar-refractivity contribution in [3.8, 4) is 5.75 Å². The lowest BCUT2D eigenvalue weighted by atomic mass is 10.1. The molecule has 0 saturated heterocycles. The first-order valence-electron chi connectivity index (χ1n) is 11.1. The van der Waals surface area contributed by atoms with Crippen LogP contribution in [0.1, 0.15) is 18.1 Å². The molecule has 0 aromatic heterocycles. The Hall–Kier alpha value is -3.57. The lowest BCUT2D eigenvalue weighted by Crippen LogP contribution is -2.37. The molecule has 0 aliphatic carbocycles. The molecule has 192 valence electrons. The summed E-state index contributed by atoms with van der Waals surface area (Å²) in [6.45, 7) is 5.44. The van der Waals surface area contributed by atoms with Crippen LogP contribution in [-0.2, 0) is 24.8 Å². The molecule has 3 aromatic carbocycles. The SMILES string of the molecule is CCOc1ccccc1N(CC(=O)Nc1ccc(S(=O)(=O)Nc2ccc(C)c(C)c2)cc1)S(C)(=O)=O. The highest BCUT2D eigenvalue weighted by Gasteiger charge is 2.24. The Bertz CT molecular complexity index is 1450. The van der Waals surface area contributed by atoms with Crippen LogP contribution in [0.5, 0.6) is 5.75 Å². The van der Waals surface area contributed by atoms with E-state index in [1.807, 2.05) is 19.9 Å². The molecule has 0 heterocycles. The van der Waals surface area contributed by atoms with Crippen molar-refractivity contribution in [1.82, 2.24) is 0 Å². The minimum Gasteiger partial charge on any atom is -0.492 e. The van der Waals surface area contributed by atoms with Gasteiger partial charge in [0.1, 0.15) is 12.3 Å². The van der Waals surface area contributed by atoms with Gasteiger partial charge in [0, 0.05) is 11.4 Å². The molecule has 0 bridgehead atoms. The number of amides is 1. The number of hydrogen-bond acceptors (Lipinski definition) is 6. The Balaban J connectivity index is 1.74. The molecule has 0 aliphatic heterocycles. The van der Waals surface area contributed by atoms with E-state index in [4.69, 9.17) is 4.74 Å². The van der Waals surface area contributed by atoms with Gasteiger partial charge in [-0.2, -0.15) is 0 Å². The van der Waals surface area contributed by atoms with Crippen molar-refractivity contribution in [2.24, 2.45) is 0 Å². The quantitative estimate of drug-likeness (QED) is 0.409. The van der Waals surface area contributed by atoms with Crippen molar-refractivity contribution in [1.29, 1.82) is 0 Å². The number of rotatable bonds is 10. The maximum Gasteiger partial charge on any atom is 0.261 e. The van der Waals surface area contributed by atoms with E-state index in [9.17, 15) is 21.6 Å². The summed E-state index contributed by atoms with van der Waals surface area (Å²) in [6.07, 6.45) is 1.01. The third-order valence-corrected chi connectivity index (χ3v) is 7.85. The number of hydrogen-bond donors (Lipinski definition) is 2. The van der Waals surface area contributed by atoms with E-state index in [1.165, 1.54) is 24.3 Å². The van der Waals surface area contributed by atoms with Crippen LogP contribution in [-0.4, -0.2) is 42.2 Å². The minimum absolute atomic E-state index is 0.0159. The normalized spacial score (nSPS) is 11.6. The second-order valence-corrected chi connectivity index (χ2v) is 11.7. The van der Waals surface area contributed by atoms with E-state index >= 15 is 0 Å². The van der Waals surface area contributed by atoms with E-state index in [0.717, 1.165) is 21.7 Å². The Morgan fingerprint density at radius 2 is 1.53 bits per heavy atom. The fourth-order valence-corrected chi connectivity index (χ4v) is 5.30. The maximum atomic E-state index is 12.7. The van der Waals surface area contributed by atoms with Gasteiger partial charge >= 0.3 is 0 Å². The Morgan fingerprint density at radius 3 is 2.14 bits per heavy atom. The zero-order valence-electron chi connectivity index (χ0n) is 20.5. The topological polar surface area (TPSA) is 122 Å². The monoisotopic (exact) mass is 531 g/mol. The first-order chi connectivity index (χ1) is 16.9. The molecular formula is C25H29N3O6S2. The van der Waals surface area contributed by atoms with Crippen LogP contribution in [0.4, 0.5) is 17.1 Å². The molecule has 0 saturated carbocycles. The molecule has 1 amide bonds. The summed E-state index contributed by atoms with van der Waals surface area (Å²) in [5.74, 6) is -0.264. The number of anilines is 3. The van der Waals surface area contributed by atoms with E-state index in [0.29, 0.717) is 23.7 Å². The van der Waals surface area contributed by atoms with Gasteiger partial charge in [-0.3, -0.25) is 13.8 Å². The molecule has 0 fully saturated rings. The molecule has 0 atom stereocenters. The molecule has 9 nitrogen and oxygen atoms in total. The summed E-state index contributed by atoms with van der Waals surface area (Å²) in [7, 11) is -7.64. The molecule has 2 N–H and O–H groups in total. The van der Waals surface area contributed by atoms with Crippen LogP contribution in [0, 0.1) is 13.8 Å². The number of nitrogens with zero attached hydrogens (tertiary/aromatic N) is 1. The highest BCUT2D eigenvalue weighted by molar-refractivity contribution is 7.92. The number of nitrogens with one attached hydrogen (secondary N) is 2. The van der Waals surface area contributed by atoms with Crippen LogP contribution in [0.25, 0.3) is 0 Å². The molecule has 11 heteroatoms. The summed E-state index contributed by atoms with van der Waals surface area (Å²) >= 11 is 0. The predicted molar refractivity (Wildman–Crippen MR) is 142 cm³/mol. The highest BCUT2D eigenvalue weighted by Crippen LogP contribution is 2.30. The van der Waals surface area contributed by atoms with E-state index in [1.54, 1.807) is 43.3 Å². The summed E-state index contributed by atoms with van der Waals surface area (Å²) in [5, 5.41) is 2.61. The molecule has 0 radical (unpaired) electrons. The van der Waals surface area contributed by atoms with Gasteiger partial charge in [0.25, 0.3) is 10.0 Å². The molecule has 3 rings (SSSR count). The Labute approximate surface area is 212 Å². The molecule has 3 aromatic rings. The van der Waals surface area contributed by atoms with Crippen molar-refractivity contribution in [2.45, 2.75) is 25.7 Å². The Morgan fingerprint density at radius 1 is 0.889 bits per heavy atom. The van der Waals surface area contributed by atoms with Gasteiger partial charge in [-0.25, -0.2) is 16.8 Å². The minimum atomic E-state index is -3.84. The van der Waals surface area contributed by atoms with Gasteiger partial charge in [-0.05, 0) is 80.4 Å². The molecule has 0 unspecified atom stereocenters. The van der Waals surface area contributed by atoms with Crippen LogP contribution in [0.15, 0.2) is 71.6 Å². The summed E-state index contributed by atoms with van der Waals surface area (Å²) < 4.78 is 59.4.